The van der Waals surface area contributed by atoms with Crippen LogP contribution in [-0.4, -0.2) is 53.3 Å². The molecular formula is C15H24N4O8S2. The molecule has 0 saturated carbocycles. The second-order valence-corrected chi connectivity index (χ2v) is 10.3. The van der Waals surface area contributed by atoms with Gasteiger partial charge in [0.25, 0.3) is 5.91 Å². The first-order valence-electron chi connectivity index (χ1n) is 8.37. The van der Waals surface area contributed by atoms with Crippen molar-refractivity contribution in [3.05, 3.63) is 23.8 Å². The summed E-state index contributed by atoms with van der Waals surface area (Å²) >= 11 is 0. The minimum atomic E-state index is -4.13. The minimum absolute atomic E-state index is 0.0410. The molecule has 2 amide bonds. The molecule has 1 aliphatic heterocycles. The monoisotopic (exact) mass is 452 g/mol. The van der Waals surface area contributed by atoms with Crippen LogP contribution in [0.2, 0.25) is 0 Å². The quantitative estimate of drug-likeness (QED) is 0.364. The van der Waals surface area contributed by atoms with Gasteiger partial charge in [-0.05, 0) is 55.9 Å². The number of anilines is 1. The number of phenols is 1. The van der Waals surface area contributed by atoms with Crippen molar-refractivity contribution in [1.29, 1.82) is 0 Å². The van der Waals surface area contributed by atoms with Gasteiger partial charge in [-0.2, -0.15) is 13.1 Å². The van der Waals surface area contributed by atoms with Crippen molar-refractivity contribution < 1.29 is 37.0 Å². The fourth-order valence-electron chi connectivity index (χ4n) is 2.39. The molecule has 0 atom stereocenters. The Morgan fingerprint density at radius 1 is 1.34 bits per heavy atom. The number of nitrogens with one attached hydrogen (secondary N) is 3. The van der Waals surface area contributed by atoms with Gasteiger partial charge in [-0.25, -0.2) is 18.5 Å². The van der Waals surface area contributed by atoms with Crippen LogP contribution in [0, 0.1) is 0 Å². The van der Waals surface area contributed by atoms with E-state index in [1.165, 1.54) is 18.2 Å². The predicted octanol–water partition coefficient (Wildman–Crippen LogP) is 0.811. The van der Waals surface area contributed by atoms with Crippen molar-refractivity contribution in [3.63, 3.8) is 0 Å². The topological polar surface area (TPSA) is 178 Å². The van der Waals surface area contributed by atoms with Crippen LogP contribution in [0.3, 0.4) is 0 Å². The van der Waals surface area contributed by atoms with Crippen LogP contribution in [0.4, 0.5) is 10.5 Å². The molecule has 14 heteroatoms. The van der Waals surface area contributed by atoms with E-state index in [0.29, 0.717) is 5.56 Å². The molecule has 0 spiro atoms. The Hall–Kier alpha value is -2.26. The Labute approximate surface area is 170 Å². The Kier molecular flexibility index (Phi) is 6.54. The molecule has 0 aromatic heterocycles. The standard InChI is InChI=1S/C15H24N4O8S2/c1-15(2,3)27-14(22)18-28(23,24)16-7-6-10-4-5-11(12(20)8-10)19-9-13(21)17-29(19,25)26/h4-5,8,16,20,25-26H,6-7,9H2,1-3H3,(H,17,21)(H,18,22). The van der Waals surface area contributed by atoms with Gasteiger partial charge in [-0.15, -0.1) is 0 Å². The van der Waals surface area contributed by atoms with Crippen LogP contribution in [0.25, 0.3) is 0 Å². The van der Waals surface area contributed by atoms with Crippen molar-refractivity contribution in [1.82, 2.24) is 14.2 Å². The van der Waals surface area contributed by atoms with Crippen LogP contribution in [-0.2, 0) is 26.2 Å². The number of benzene rings is 1. The average Bonchev–Trinajstić information content (AvgIpc) is 2.77. The molecule has 0 radical (unpaired) electrons. The predicted molar refractivity (Wildman–Crippen MR) is 106 cm³/mol. The van der Waals surface area contributed by atoms with Gasteiger partial charge in [0.05, 0.1) is 0 Å². The Balaban J connectivity index is 1.94. The summed E-state index contributed by atoms with van der Waals surface area (Å²) in [6.45, 7) is 4.36. The summed E-state index contributed by atoms with van der Waals surface area (Å²) in [6, 6.07) is 4.22. The van der Waals surface area contributed by atoms with E-state index < -0.39 is 38.8 Å². The van der Waals surface area contributed by atoms with Crippen LogP contribution in [0.1, 0.15) is 26.3 Å². The molecule has 1 aliphatic rings. The zero-order chi connectivity index (χ0) is 22.0. The molecule has 0 bridgehead atoms. The number of ether oxygens (including phenoxy) is 1. The zero-order valence-electron chi connectivity index (χ0n) is 16.0. The van der Waals surface area contributed by atoms with E-state index in [4.69, 9.17) is 4.74 Å². The number of carbonyl (C=O) groups is 2. The zero-order valence-corrected chi connectivity index (χ0v) is 17.6. The average molecular weight is 453 g/mol. The van der Waals surface area contributed by atoms with Gasteiger partial charge in [0.15, 0.2) is 0 Å². The molecule has 12 nitrogen and oxygen atoms in total. The Morgan fingerprint density at radius 2 is 2.00 bits per heavy atom. The van der Waals surface area contributed by atoms with Gasteiger partial charge in [0.1, 0.15) is 23.6 Å². The van der Waals surface area contributed by atoms with Crippen LogP contribution < -0.4 is 18.5 Å². The fourth-order valence-corrected chi connectivity index (χ4v) is 4.30. The second kappa shape index (κ2) is 8.23. The van der Waals surface area contributed by atoms with E-state index in [0.717, 1.165) is 4.31 Å². The molecule has 0 unspecified atom stereocenters. The van der Waals surface area contributed by atoms with E-state index in [-0.39, 0.29) is 30.9 Å². The number of rotatable bonds is 6. The molecule has 1 saturated heterocycles. The molecule has 6 N–H and O–H groups in total. The van der Waals surface area contributed by atoms with Crippen LogP contribution in [0.5, 0.6) is 5.75 Å². The largest absolute Gasteiger partial charge is 0.506 e. The summed E-state index contributed by atoms with van der Waals surface area (Å²) in [7, 11) is -7.69. The van der Waals surface area contributed by atoms with Crippen LogP contribution >= 0.6 is 11.0 Å². The number of carbonyl (C=O) groups excluding carboxylic acids is 2. The highest BCUT2D eigenvalue weighted by molar-refractivity contribution is 8.24. The molecule has 29 heavy (non-hydrogen) atoms. The summed E-state index contributed by atoms with van der Waals surface area (Å²) in [4.78, 5) is 22.9. The minimum Gasteiger partial charge on any atom is -0.506 e. The Morgan fingerprint density at radius 3 is 2.52 bits per heavy atom. The highest BCUT2D eigenvalue weighted by Gasteiger charge is 2.36. The molecule has 2 rings (SSSR count). The van der Waals surface area contributed by atoms with Gasteiger partial charge < -0.3 is 9.84 Å². The maximum atomic E-state index is 11.8. The van der Waals surface area contributed by atoms with Gasteiger partial charge >= 0.3 is 16.3 Å². The molecule has 1 fully saturated rings. The second-order valence-electron chi connectivity index (χ2n) is 7.16. The first-order chi connectivity index (χ1) is 13.2. The van der Waals surface area contributed by atoms with E-state index >= 15 is 0 Å². The van der Waals surface area contributed by atoms with Gasteiger partial charge in [-0.1, -0.05) is 6.07 Å². The lowest BCUT2D eigenvalue weighted by molar-refractivity contribution is -0.117. The molecule has 164 valence electrons. The fraction of sp³-hybridized carbons (Fsp3) is 0.467. The first-order valence-corrected chi connectivity index (χ1v) is 11.4. The number of hydrogen-bond donors (Lipinski definition) is 6. The SMILES string of the molecule is CC(C)(C)OC(=O)NS(=O)(=O)NCCc1ccc(N2CC(=O)NS2(O)O)c(O)c1. The molecule has 1 aromatic rings. The Bertz CT molecular complexity index is 898. The highest BCUT2D eigenvalue weighted by Crippen LogP contribution is 2.48. The number of amides is 2. The lowest BCUT2D eigenvalue weighted by Gasteiger charge is -2.36. The summed E-state index contributed by atoms with van der Waals surface area (Å²) in [5.41, 5.74) is -0.281. The van der Waals surface area contributed by atoms with Gasteiger partial charge in [-0.3, -0.25) is 13.9 Å². The summed E-state index contributed by atoms with van der Waals surface area (Å²) in [5.74, 6) is -0.908. The van der Waals surface area contributed by atoms with E-state index in [2.05, 4.69) is 4.72 Å². The number of phenolic OH excluding ortho intramolecular Hbond substituents is 1. The number of hydrogen-bond acceptors (Lipinski definition) is 9. The third-order valence-electron chi connectivity index (χ3n) is 3.48. The smallest absolute Gasteiger partial charge is 0.422 e. The van der Waals surface area contributed by atoms with E-state index in [1.54, 1.807) is 25.5 Å². The molecule has 1 heterocycles. The maximum absolute atomic E-state index is 11.8. The van der Waals surface area contributed by atoms with Gasteiger partial charge in [0.2, 0.25) is 0 Å². The lowest BCUT2D eigenvalue weighted by Crippen LogP contribution is -2.43. The normalized spacial score (nSPS) is 17.6. The maximum Gasteiger partial charge on any atom is 0.422 e. The third kappa shape index (κ3) is 6.64. The third-order valence-corrected chi connectivity index (χ3v) is 5.94. The van der Waals surface area contributed by atoms with Crippen molar-refractivity contribution >= 4 is 38.9 Å². The van der Waals surface area contributed by atoms with Crippen molar-refractivity contribution in [2.24, 2.45) is 0 Å². The molecular weight excluding hydrogens is 428 g/mol. The van der Waals surface area contributed by atoms with E-state index in [9.17, 15) is 32.2 Å². The lowest BCUT2D eigenvalue weighted by atomic mass is 10.1. The summed E-state index contributed by atoms with van der Waals surface area (Å²) < 4.78 is 55.1. The molecule has 1 aromatic carbocycles. The van der Waals surface area contributed by atoms with E-state index in [1.807, 2.05) is 4.72 Å². The van der Waals surface area contributed by atoms with Crippen molar-refractivity contribution in [3.8, 4) is 5.75 Å². The van der Waals surface area contributed by atoms with Crippen molar-refractivity contribution in [2.45, 2.75) is 32.8 Å². The number of nitrogens with zero attached hydrogens (tertiary/aromatic N) is 1. The van der Waals surface area contributed by atoms with Crippen LogP contribution in [0.15, 0.2) is 18.2 Å². The van der Waals surface area contributed by atoms with Crippen molar-refractivity contribution in [2.75, 3.05) is 17.4 Å². The first kappa shape index (κ1) is 23.0. The van der Waals surface area contributed by atoms with Gasteiger partial charge in [0, 0.05) is 6.54 Å². The number of aromatic hydroxyl groups is 1. The summed E-state index contributed by atoms with van der Waals surface area (Å²) in [6.07, 6.45) is -0.948. The summed E-state index contributed by atoms with van der Waals surface area (Å²) in [5, 5.41) is 10.2. The highest BCUT2D eigenvalue weighted by atomic mass is 32.3. The molecule has 0 aliphatic carbocycles.